The van der Waals surface area contributed by atoms with Crippen LogP contribution in [0, 0.1) is 0 Å². The van der Waals surface area contributed by atoms with Crippen molar-refractivity contribution in [3.05, 3.63) is 12.2 Å². The number of aliphatic carboxylic acids is 1. The smallest absolute Gasteiger partial charge is 0.306 e. The number of allylic oxidation sites excluding steroid dienone is 2. The lowest BCUT2D eigenvalue weighted by Gasteiger charge is -2.34. The zero-order chi connectivity index (χ0) is 46.3. The Morgan fingerprint density at radius 3 is 1.14 bits per heavy atom. The summed E-state index contributed by atoms with van der Waals surface area (Å²) in [6.07, 6.45) is 52.5. The van der Waals surface area contributed by atoms with E-state index in [4.69, 9.17) is 14.2 Å². The summed E-state index contributed by atoms with van der Waals surface area (Å²) < 4.78 is 17.3. The van der Waals surface area contributed by atoms with Crippen molar-refractivity contribution in [2.24, 2.45) is 0 Å². The lowest BCUT2D eigenvalue weighted by atomic mass is 10.0. The van der Waals surface area contributed by atoms with Crippen molar-refractivity contribution in [1.29, 1.82) is 0 Å². The molecule has 0 heterocycles. The number of carboxylic acid groups (broad SMARTS) is 1. The average molecular weight is 892 g/mol. The van der Waals surface area contributed by atoms with Crippen molar-refractivity contribution in [2.45, 2.75) is 283 Å². The van der Waals surface area contributed by atoms with Gasteiger partial charge >= 0.3 is 11.9 Å². The minimum atomic E-state index is -1.12. The Morgan fingerprint density at radius 1 is 0.460 bits per heavy atom. The van der Waals surface area contributed by atoms with E-state index in [1.807, 2.05) is 21.1 Å². The number of hydrogen-bond donors (Lipinski definition) is 0. The SMILES string of the molecule is CCCCCCCC/C=C\CCCCCCCCCC(=O)OC(COCCC(C(=O)[O-])[N+](C)(C)C)COC(=O)CCCCCCCCCCCCCCCCCCCCCCCC. The van der Waals surface area contributed by atoms with Gasteiger partial charge in [-0.05, 0) is 38.5 Å². The molecule has 2 unspecified atom stereocenters. The summed E-state index contributed by atoms with van der Waals surface area (Å²) in [6.45, 7) is 4.71. The summed E-state index contributed by atoms with van der Waals surface area (Å²) in [7, 11) is 5.43. The van der Waals surface area contributed by atoms with Gasteiger partial charge in [-0.1, -0.05) is 225 Å². The van der Waals surface area contributed by atoms with Crippen LogP contribution in [0.15, 0.2) is 12.2 Å². The van der Waals surface area contributed by atoms with E-state index in [9.17, 15) is 19.5 Å². The van der Waals surface area contributed by atoms with Crippen LogP contribution in [0.2, 0.25) is 0 Å². The highest BCUT2D eigenvalue weighted by atomic mass is 16.6. The molecule has 0 saturated heterocycles. The summed E-state index contributed by atoms with van der Waals surface area (Å²) in [4.78, 5) is 37.1. The van der Waals surface area contributed by atoms with Gasteiger partial charge in [0, 0.05) is 19.3 Å². The van der Waals surface area contributed by atoms with Gasteiger partial charge in [0.1, 0.15) is 12.6 Å². The number of ether oxygens (including phenoxy) is 3. The molecule has 0 spiro atoms. The first-order valence-corrected chi connectivity index (χ1v) is 27.2. The maximum atomic E-state index is 12.8. The number of carbonyl (C=O) groups excluding carboxylic acids is 3. The first-order valence-electron chi connectivity index (χ1n) is 27.2. The molecule has 8 nitrogen and oxygen atoms in total. The van der Waals surface area contributed by atoms with Gasteiger partial charge in [0.25, 0.3) is 0 Å². The van der Waals surface area contributed by atoms with Gasteiger partial charge in [0.15, 0.2) is 6.10 Å². The summed E-state index contributed by atoms with van der Waals surface area (Å²) in [6, 6.07) is -0.723. The molecule has 2 atom stereocenters. The van der Waals surface area contributed by atoms with Gasteiger partial charge in [-0.15, -0.1) is 0 Å². The first-order chi connectivity index (χ1) is 30.6. The van der Waals surface area contributed by atoms with Crippen molar-refractivity contribution in [1.82, 2.24) is 0 Å². The summed E-state index contributed by atoms with van der Waals surface area (Å²) in [5.41, 5.74) is 0. The van der Waals surface area contributed by atoms with E-state index in [2.05, 4.69) is 26.0 Å². The van der Waals surface area contributed by atoms with Crippen LogP contribution in [0.4, 0.5) is 0 Å². The Labute approximate surface area is 390 Å². The van der Waals surface area contributed by atoms with Crippen molar-refractivity contribution in [2.75, 3.05) is 41.0 Å². The second-order valence-corrected chi connectivity index (χ2v) is 19.8. The third-order valence-corrected chi connectivity index (χ3v) is 12.7. The molecule has 0 aromatic heterocycles. The zero-order valence-corrected chi connectivity index (χ0v) is 42.5. The third-order valence-electron chi connectivity index (χ3n) is 12.7. The number of hydrogen-bond acceptors (Lipinski definition) is 7. The highest BCUT2D eigenvalue weighted by molar-refractivity contribution is 5.70. The van der Waals surface area contributed by atoms with Gasteiger partial charge in [0.05, 0.1) is 40.3 Å². The number of rotatable bonds is 50. The molecule has 63 heavy (non-hydrogen) atoms. The van der Waals surface area contributed by atoms with E-state index in [-0.39, 0.29) is 42.7 Å². The molecule has 0 amide bonds. The fourth-order valence-corrected chi connectivity index (χ4v) is 8.42. The molecule has 0 aliphatic rings. The van der Waals surface area contributed by atoms with E-state index in [0.717, 1.165) is 38.5 Å². The number of carboxylic acids is 1. The number of quaternary nitrogens is 1. The molecule has 0 aromatic rings. The van der Waals surface area contributed by atoms with Crippen LogP contribution in [-0.2, 0) is 28.6 Å². The van der Waals surface area contributed by atoms with Crippen molar-refractivity contribution in [3.63, 3.8) is 0 Å². The molecule has 372 valence electrons. The number of esters is 2. The molecule has 0 bridgehead atoms. The van der Waals surface area contributed by atoms with Crippen LogP contribution in [0.1, 0.15) is 271 Å². The average Bonchev–Trinajstić information content (AvgIpc) is 3.24. The Kier molecular flexibility index (Phi) is 45.2. The van der Waals surface area contributed by atoms with Gasteiger partial charge in [-0.25, -0.2) is 0 Å². The summed E-state index contributed by atoms with van der Waals surface area (Å²) >= 11 is 0. The second kappa shape index (κ2) is 46.6. The molecule has 0 aliphatic carbocycles. The molecule has 0 aromatic carbocycles. The van der Waals surface area contributed by atoms with E-state index >= 15 is 0 Å². The number of unbranched alkanes of at least 4 members (excludes halogenated alkanes) is 34. The molecule has 0 rings (SSSR count). The van der Waals surface area contributed by atoms with Gasteiger partial charge < -0.3 is 28.6 Å². The quantitative estimate of drug-likeness (QED) is 0.0259. The van der Waals surface area contributed by atoms with Gasteiger partial charge in [0.2, 0.25) is 0 Å². The predicted octanol–water partition coefficient (Wildman–Crippen LogP) is 14.5. The molecule has 0 fully saturated rings. The van der Waals surface area contributed by atoms with Crippen LogP contribution in [0.25, 0.3) is 0 Å². The zero-order valence-electron chi connectivity index (χ0n) is 42.5. The Morgan fingerprint density at radius 2 is 0.794 bits per heavy atom. The Hall–Kier alpha value is -1.93. The van der Waals surface area contributed by atoms with E-state index in [0.29, 0.717) is 12.8 Å². The molecule has 8 heteroatoms. The second-order valence-electron chi connectivity index (χ2n) is 19.8. The fourth-order valence-electron chi connectivity index (χ4n) is 8.42. The first kappa shape index (κ1) is 61.1. The number of likely N-dealkylation sites (N-methyl/N-ethyl adjacent to an activating group) is 1. The van der Waals surface area contributed by atoms with Crippen LogP contribution >= 0.6 is 0 Å². The minimum Gasteiger partial charge on any atom is -0.544 e. The van der Waals surface area contributed by atoms with Crippen molar-refractivity contribution >= 4 is 17.9 Å². The van der Waals surface area contributed by atoms with Gasteiger partial charge in [-0.3, -0.25) is 9.59 Å². The predicted molar refractivity (Wildman–Crippen MR) is 264 cm³/mol. The molecule has 0 aliphatic heterocycles. The molecule has 0 saturated carbocycles. The topological polar surface area (TPSA) is 102 Å². The van der Waals surface area contributed by atoms with Crippen molar-refractivity contribution < 1.29 is 38.2 Å². The van der Waals surface area contributed by atoms with E-state index in [1.165, 1.54) is 199 Å². The molecular weight excluding hydrogens is 787 g/mol. The summed E-state index contributed by atoms with van der Waals surface area (Å²) in [5, 5.41) is 11.7. The van der Waals surface area contributed by atoms with Crippen LogP contribution in [0.3, 0.4) is 0 Å². The lowest BCUT2D eigenvalue weighted by molar-refractivity contribution is -0.889. The minimum absolute atomic E-state index is 0.0452. The molecule has 0 N–H and O–H groups in total. The fraction of sp³-hybridized carbons (Fsp3) is 0.909. The maximum Gasteiger partial charge on any atom is 0.306 e. The van der Waals surface area contributed by atoms with Crippen LogP contribution in [-0.4, -0.2) is 75.5 Å². The molecular formula is C55H105NO7. The highest BCUT2D eigenvalue weighted by Gasteiger charge is 2.25. The monoisotopic (exact) mass is 892 g/mol. The number of nitrogens with zero attached hydrogens (tertiary/aromatic N) is 1. The normalized spacial score (nSPS) is 12.8. The Balaban J connectivity index is 4.15. The maximum absolute atomic E-state index is 12.8. The van der Waals surface area contributed by atoms with Crippen LogP contribution in [0.5, 0.6) is 0 Å². The standard InChI is InChI=1S/C55H105NO7/c1-6-8-10-12-14-16-18-20-22-24-25-26-27-28-30-31-33-35-37-39-41-43-45-53(57)62-50-51(49-61-48-47-52(55(59)60)56(3,4)5)63-54(58)46-44-42-40-38-36-34-32-29-23-21-19-17-15-13-11-9-7-2/h21,23,51-52H,6-20,22,24-50H2,1-5H3/b23-21-. The van der Waals surface area contributed by atoms with E-state index in [1.54, 1.807) is 0 Å². The van der Waals surface area contributed by atoms with Crippen molar-refractivity contribution in [3.8, 4) is 0 Å². The third kappa shape index (κ3) is 45.0. The molecule has 0 radical (unpaired) electrons. The Bertz CT molecular complexity index is 1040. The van der Waals surface area contributed by atoms with Crippen LogP contribution < -0.4 is 5.11 Å². The largest absolute Gasteiger partial charge is 0.544 e. The number of carbonyl (C=O) groups is 3. The van der Waals surface area contributed by atoms with E-state index < -0.39 is 18.1 Å². The summed E-state index contributed by atoms with van der Waals surface area (Å²) in [5.74, 6) is -1.72. The van der Waals surface area contributed by atoms with Gasteiger partial charge in [-0.2, -0.15) is 0 Å². The highest BCUT2D eigenvalue weighted by Crippen LogP contribution is 2.17. The lowest BCUT2D eigenvalue weighted by Crippen LogP contribution is -2.55.